The number of hydrogen-bond acceptors (Lipinski definition) is 4. The van der Waals surface area contributed by atoms with Crippen LogP contribution in [0.5, 0.6) is 0 Å². The van der Waals surface area contributed by atoms with Gasteiger partial charge in [-0.3, -0.25) is 9.59 Å². The number of nitrogens with zero attached hydrogens (tertiary/aromatic N) is 1. The molecule has 0 saturated heterocycles. The number of methoxy groups -OCH3 is 1. The first kappa shape index (κ1) is 15.8. The highest BCUT2D eigenvalue weighted by molar-refractivity contribution is 6.04. The molecule has 0 aliphatic carbocycles. The van der Waals surface area contributed by atoms with E-state index in [0.717, 1.165) is 11.3 Å². The van der Waals surface area contributed by atoms with Gasteiger partial charge in [0.25, 0.3) is 5.91 Å². The minimum Gasteiger partial charge on any atom is -0.469 e. The smallest absolute Gasteiger partial charge is 0.307 e. The van der Waals surface area contributed by atoms with Crippen molar-refractivity contribution in [2.24, 2.45) is 0 Å². The van der Waals surface area contributed by atoms with E-state index in [-0.39, 0.29) is 30.6 Å². The summed E-state index contributed by atoms with van der Waals surface area (Å²) in [4.78, 5) is 25.7. The highest BCUT2D eigenvalue weighted by Gasteiger charge is 2.22. The number of ether oxygens (including phenoxy) is 1. The zero-order chi connectivity index (χ0) is 16.1. The Hall–Kier alpha value is -2.56. The predicted octanol–water partition coefficient (Wildman–Crippen LogP) is 3.11. The summed E-state index contributed by atoms with van der Waals surface area (Å²) in [6.07, 6.45) is 0.121. The van der Waals surface area contributed by atoms with E-state index in [0.29, 0.717) is 5.76 Å². The zero-order valence-electron chi connectivity index (χ0n) is 13.0. The van der Waals surface area contributed by atoms with Crippen molar-refractivity contribution in [1.82, 2.24) is 0 Å². The fraction of sp³-hybridized carbons (Fsp3) is 0.294. The van der Waals surface area contributed by atoms with Crippen molar-refractivity contribution in [3.05, 3.63) is 53.5 Å². The summed E-state index contributed by atoms with van der Waals surface area (Å²) in [5.74, 6) is 0.292. The van der Waals surface area contributed by atoms with E-state index < -0.39 is 0 Å². The monoisotopic (exact) mass is 301 g/mol. The first-order valence-corrected chi connectivity index (χ1v) is 7.03. The normalized spacial score (nSPS) is 10.3. The molecule has 0 fully saturated rings. The molecule has 0 radical (unpaired) electrons. The third-order valence-corrected chi connectivity index (χ3v) is 3.37. The van der Waals surface area contributed by atoms with Crippen LogP contribution in [0, 0.1) is 13.8 Å². The van der Waals surface area contributed by atoms with Gasteiger partial charge in [-0.15, -0.1) is 0 Å². The third-order valence-electron chi connectivity index (χ3n) is 3.37. The van der Waals surface area contributed by atoms with Gasteiger partial charge in [0.15, 0.2) is 5.76 Å². The Balaban J connectivity index is 2.31. The van der Waals surface area contributed by atoms with Gasteiger partial charge in [-0.25, -0.2) is 0 Å². The van der Waals surface area contributed by atoms with E-state index in [9.17, 15) is 9.59 Å². The number of rotatable bonds is 5. The molecule has 0 N–H and O–H groups in total. The van der Waals surface area contributed by atoms with Crippen molar-refractivity contribution in [3.8, 4) is 0 Å². The highest BCUT2D eigenvalue weighted by Crippen LogP contribution is 2.22. The van der Waals surface area contributed by atoms with E-state index in [2.05, 4.69) is 4.74 Å². The number of aryl methyl sites for hydroxylation is 2. The number of para-hydroxylation sites is 1. The highest BCUT2D eigenvalue weighted by atomic mass is 16.5. The standard InChI is InChI=1S/C17H19NO4/c1-12-6-4-5-7-14(12)18(11-10-16(19)21-3)17(20)15-9-8-13(2)22-15/h4-9H,10-11H2,1-3H3. The van der Waals surface area contributed by atoms with Crippen molar-refractivity contribution in [2.75, 3.05) is 18.6 Å². The zero-order valence-corrected chi connectivity index (χ0v) is 13.0. The van der Waals surface area contributed by atoms with Gasteiger partial charge < -0.3 is 14.1 Å². The molecule has 22 heavy (non-hydrogen) atoms. The lowest BCUT2D eigenvalue weighted by molar-refractivity contribution is -0.140. The second kappa shape index (κ2) is 6.93. The molecule has 1 amide bonds. The van der Waals surface area contributed by atoms with Gasteiger partial charge >= 0.3 is 5.97 Å². The average molecular weight is 301 g/mol. The molecule has 5 heteroatoms. The van der Waals surface area contributed by atoms with E-state index in [4.69, 9.17) is 4.42 Å². The topological polar surface area (TPSA) is 59.8 Å². The van der Waals surface area contributed by atoms with Crippen LogP contribution in [-0.4, -0.2) is 25.5 Å². The van der Waals surface area contributed by atoms with Crippen molar-refractivity contribution in [2.45, 2.75) is 20.3 Å². The Morgan fingerprint density at radius 3 is 2.45 bits per heavy atom. The van der Waals surface area contributed by atoms with Gasteiger partial charge in [0.1, 0.15) is 5.76 Å². The first-order valence-electron chi connectivity index (χ1n) is 7.03. The van der Waals surface area contributed by atoms with E-state index in [1.54, 1.807) is 24.0 Å². The molecule has 2 rings (SSSR count). The summed E-state index contributed by atoms with van der Waals surface area (Å²) in [6, 6.07) is 10.9. The maximum Gasteiger partial charge on any atom is 0.307 e. The van der Waals surface area contributed by atoms with Gasteiger partial charge in [0, 0.05) is 12.2 Å². The van der Waals surface area contributed by atoms with Gasteiger partial charge in [0.05, 0.1) is 13.5 Å². The quantitative estimate of drug-likeness (QED) is 0.796. The molecule has 0 saturated carbocycles. The van der Waals surface area contributed by atoms with Gasteiger partial charge in [-0.1, -0.05) is 18.2 Å². The van der Waals surface area contributed by atoms with Crippen molar-refractivity contribution < 1.29 is 18.7 Å². The molecular formula is C17H19NO4. The third kappa shape index (κ3) is 3.55. The SMILES string of the molecule is COC(=O)CCN(C(=O)c1ccc(C)o1)c1ccccc1C. The second-order valence-corrected chi connectivity index (χ2v) is 4.98. The molecular weight excluding hydrogens is 282 g/mol. The van der Waals surface area contributed by atoms with Gasteiger partial charge in [-0.05, 0) is 37.6 Å². The molecule has 0 aliphatic heterocycles. The Morgan fingerprint density at radius 2 is 1.86 bits per heavy atom. The number of anilines is 1. The maximum absolute atomic E-state index is 12.7. The van der Waals surface area contributed by atoms with E-state index in [1.165, 1.54) is 7.11 Å². The first-order chi connectivity index (χ1) is 10.5. The minimum atomic E-state index is -0.359. The predicted molar refractivity (Wildman–Crippen MR) is 82.9 cm³/mol. The molecule has 0 aliphatic rings. The number of carbonyl (C=O) groups is 2. The Labute approximate surface area is 129 Å². The van der Waals surface area contributed by atoms with E-state index in [1.807, 2.05) is 31.2 Å². The maximum atomic E-state index is 12.7. The molecule has 0 bridgehead atoms. The fourth-order valence-corrected chi connectivity index (χ4v) is 2.19. The largest absolute Gasteiger partial charge is 0.469 e. The Kier molecular flexibility index (Phi) is 4.99. The molecule has 1 aromatic heterocycles. The number of esters is 1. The number of benzene rings is 1. The van der Waals surface area contributed by atoms with Crippen molar-refractivity contribution in [3.63, 3.8) is 0 Å². The molecule has 0 unspecified atom stereocenters. The lowest BCUT2D eigenvalue weighted by Crippen LogP contribution is -2.33. The molecule has 1 aromatic carbocycles. The number of carbonyl (C=O) groups excluding carboxylic acids is 2. The van der Waals surface area contributed by atoms with Crippen LogP contribution in [0.1, 0.15) is 28.3 Å². The average Bonchev–Trinajstić information content (AvgIpc) is 2.95. The van der Waals surface area contributed by atoms with Crippen LogP contribution in [0.2, 0.25) is 0 Å². The fourth-order valence-electron chi connectivity index (χ4n) is 2.19. The summed E-state index contributed by atoms with van der Waals surface area (Å²) in [6.45, 7) is 3.93. The summed E-state index contributed by atoms with van der Waals surface area (Å²) >= 11 is 0. The Bertz CT molecular complexity index is 675. The second-order valence-electron chi connectivity index (χ2n) is 4.98. The van der Waals surface area contributed by atoms with Crippen molar-refractivity contribution in [1.29, 1.82) is 0 Å². The van der Waals surface area contributed by atoms with Crippen molar-refractivity contribution >= 4 is 17.6 Å². The van der Waals surface area contributed by atoms with Crippen LogP contribution in [-0.2, 0) is 9.53 Å². The number of furan rings is 1. The molecule has 2 aromatic rings. The van der Waals surface area contributed by atoms with Crippen LogP contribution in [0.15, 0.2) is 40.8 Å². The summed E-state index contributed by atoms with van der Waals surface area (Å²) in [5, 5.41) is 0. The molecule has 116 valence electrons. The Morgan fingerprint density at radius 1 is 1.14 bits per heavy atom. The molecule has 1 heterocycles. The van der Waals surface area contributed by atoms with Crippen LogP contribution in [0.25, 0.3) is 0 Å². The summed E-state index contributed by atoms with van der Waals surface area (Å²) in [7, 11) is 1.33. The van der Waals surface area contributed by atoms with Crippen LogP contribution in [0.3, 0.4) is 0 Å². The minimum absolute atomic E-state index is 0.121. The lowest BCUT2D eigenvalue weighted by atomic mass is 10.1. The molecule has 0 spiro atoms. The van der Waals surface area contributed by atoms with Crippen LogP contribution < -0.4 is 4.90 Å². The van der Waals surface area contributed by atoms with Gasteiger partial charge in [-0.2, -0.15) is 0 Å². The summed E-state index contributed by atoms with van der Waals surface area (Å²) < 4.78 is 10.1. The summed E-state index contributed by atoms with van der Waals surface area (Å²) in [5.41, 5.74) is 1.70. The van der Waals surface area contributed by atoms with Crippen LogP contribution in [0.4, 0.5) is 5.69 Å². The van der Waals surface area contributed by atoms with E-state index >= 15 is 0 Å². The molecule has 0 atom stereocenters. The number of hydrogen-bond donors (Lipinski definition) is 0. The van der Waals surface area contributed by atoms with Gasteiger partial charge in [0.2, 0.25) is 0 Å². The molecule has 5 nitrogen and oxygen atoms in total. The lowest BCUT2D eigenvalue weighted by Gasteiger charge is -2.23. The number of amides is 1. The van der Waals surface area contributed by atoms with Crippen LogP contribution >= 0.6 is 0 Å².